The molecule has 0 saturated carbocycles. The first kappa shape index (κ1) is 14.6. The van der Waals surface area contributed by atoms with Gasteiger partial charge in [-0.25, -0.2) is 0 Å². The average Bonchev–Trinajstić information content (AvgIpc) is 2.29. The molecule has 0 aromatic carbocycles. The van der Waals surface area contributed by atoms with Gasteiger partial charge in [-0.3, -0.25) is 0 Å². The summed E-state index contributed by atoms with van der Waals surface area (Å²) in [5.74, 6) is 1.27. The molecule has 0 unspecified atom stereocenters. The van der Waals surface area contributed by atoms with Gasteiger partial charge in [0, 0.05) is 42.7 Å². The first-order valence-corrected chi connectivity index (χ1v) is 8.10. The summed E-state index contributed by atoms with van der Waals surface area (Å²) in [6, 6.07) is 0. The molecule has 0 aromatic rings. The van der Waals surface area contributed by atoms with Crippen LogP contribution in [0.15, 0.2) is 0 Å². The van der Waals surface area contributed by atoms with Crippen LogP contribution in [-0.2, 0) is 4.74 Å². The zero-order valence-electron chi connectivity index (χ0n) is 12.1. The van der Waals surface area contributed by atoms with Gasteiger partial charge in [0.2, 0.25) is 0 Å². The number of thioether (sulfide) groups is 1. The highest BCUT2D eigenvalue weighted by atomic mass is 32.2. The molecule has 0 amide bonds. The van der Waals surface area contributed by atoms with E-state index in [0.717, 1.165) is 19.7 Å². The lowest BCUT2D eigenvalue weighted by atomic mass is 9.79. The SMILES string of the molecule is COCC1(CN2CCSC(C)(C)C2)CCNCC1. The molecule has 0 radical (unpaired) electrons. The molecule has 2 heterocycles. The summed E-state index contributed by atoms with van der Waals surface area (Å²) in [7, 11) is 1.85. The molecular weight excluding hydrogens is 244 g/mol. The quantitative estimate of drug-likeness (QED) is 0.844. The average molecular weight is 272 g/mol. The molecule has 2 fully saturated rings. The lowest BCUT2D eigenvalue weighted by Crippen LogP contribution is -2.52. The van der Waals surface area contributed by atoms with Gasteiger partial charge in [-0.15, -0.1) is 0 Å². The number of ether oxygens (including phenoxy) is 1. The fourth-order valence-corrected chi connectivity index (χ4v) is 4.51. The highest BCUT2D eigenvalue weighted by Crippen LogP contribution is 2.34. The molecule has 2 rings (SSSR count). The van der Waals surface area contributed by atoms with Crippen LogP contribution < -0.4 is 5.32 Å². The van der Waals surface area contributed by atoms with Gasteiger partial charge in [0.05, 0.1) is 6.61 Å². The number of nitrogens with zero attached hydrogens (tertiary/aromatic N) is 1. The molecule has 3 nitrogen and oxygen atoms in total. The van der Waals surface area contributed by atoms with Crippen molar-refractivity contribution >= 4 is 11.8 Å². The molecular formula is C14H28N2OS. The fourth-order valence-electron chi connectivity index (χ4n) is 3.33. The van der Waals surface area contributed by atoms with Crippen LogP contribution in [0.5, 0.6) is 0 Å². The maximum atomic E-state index is 5.52. The van der Waals surface area contributed by atoms with Crippen molar-refractivity contribution < 1.29 is 4.74 Å². The Morgan fingerprint density at radius 1 is 1.28 bits per heavy atom. The first-order valence-electron chi connectivity index (χ1n) is 7.11. The predicted octanol–water partition coefficient (Wildman–Crippen LogP) is 1.83. The maximum absolute atomic E-state index is 5.52. The van der Waals surface area contributed by atoms with Crippen molar-refractivity contribution in [2.75, 3.05) is 52.2 Å². The Balaban J connectivity index is 1.95. The van der Waals surface area contributed by atoms with E-state index in [1.165, 1.54) is 38.2 Å². The number of piperidine rings is 1. The normalized spacial score (nSPS) is 28.2. The highest BCUT2D eigenvalue weighted by molar-refractivity contribution is 8.00. The Morgan fingerprint density at radius 3 is 2.61 bits per heavy atom. The molecule has 0 aliphatic carbocycles. The molecule has 18 heavy (non-hydrogen) atoms. The molecule has 4 heteroatoms. The molecule has 0 atom stereocenters. The molecule has 0 aromatic heterocycles. The Kier molecular flexibility index (Phi) is 4.98. The minimum absolute atomic E-state index is 0.387. The molecule has 0 spiro atoms. The van der Waals surface area contributed by atoms with E-state index >= 15 is 0 Å². The fraction of sp³-hybridized carbons (Fsp3) is 1.00. The lowest BCUT2D eigenvalue weighted by molar-refractivity contribution is 0.0213. The Morgan fingerprint density at radius 2 is 2.00 bits per heavy atom. The van der Waals surface area contributed by atoms with Gasteiger partial charge in [-0.1, -0.05) is 0 Å². The third kappa shape index (κ3) is 3.86. The smallest absolute Gasteiger partial charge is 0.0531 e. The van der Waals surface area contributed by atoms with Crippen molar-refractivity contribution in [1.29, 1.82) is 0 Å². The minimum atomic E-state index is 0.387. The number of hydrogen-bond donors (Lipinski definition) is 1. The van der Waals surface area contributed by atoms with Gasteiger partial charge in [0.15, 0.2) is 0 Å². The standard InChI is InChI=1S/C14H28N2OS/c1-13(2)10-16(8-9-18-13)11-14(12-17-3)4-6-15-7-5-14/h15H,4-12H2,1-3H3. The summed E-state index contributed by atoms with van der Waals surface area (Å²) in [6.45, 7) is 11.6. The maximum Gasteiger partial charge on any atom is 0.0531 e. The number of nitrogens with one attached hydrogen (secondary N) is 1. The van der Waals surface area contributed by atoms with Crippen molar-refractivity contribution in [2.45, 2.75) is 31.4 Å². The third-order valence-corrected chi connectivity index (χ3v) is 5.48. The van der Waals surface area contributed by atoms with Crippen LogP contribution in [0.2, 0.25) is 0 Å². The Hall–Kier alpha value is 0.230. The predicted molar refractivity (Wildman–Crippen MR) is 79.4 cm³/mol. The zero-order valence-corrected chi connectivity index (χ0v) is 12.9. The van der Waals surface area contributed by atoms with E-state index < -0.39 is 0 Å². The van der Waals surface area contributed by atoms with Crippen molar-refractivity contribution in [3.8, 4) is 0 Å². The van der Waals surface area contributed by atoms with Crippen LogP contribution in [0, 0.1) is 5.41 Å². The van der Waals surface area contributed by atoms with Gasteiger partial charge >= 0.3 is 0 Å². The van der Waals surface area contributed by atoms with E-state index in [2.05, 4.69) is 35.8 Å². The lowest BCUT2D eigenvalue weighted by Gasteiger charge is -2.45. The molecule has 2 aliphatic rings. The van der Waals surface area contributed by atoms with Crippen LogP contribution >= 0.6 is 11.8 Å². The van der Waals surface area contributed by atoms with Crippen molar-refractivity contribution in [3.05, 3.63) is 0 Å². The molecule has 1 N–H and O–H groups in total. The second kappa shape index (κ2) is 6.12. The first-order chi connectivity index (χ1) is 8.55. The summed E-state index contributed by atoms with van der Waals surface area (Å²) in [4.78, 5) is 2.67. The number of rotatable bonds is 4. The van der Waals surface area contributed by atoms with Crippen molar-refractivity contribution in [2.24, 2.45) is 5.41 Å². The largest absolute Gasteiger partial charge is 0.384 e. The van der Waals surface area contributed by atoms with Crippen LogP contribution in [-0.4, -0.2) is 61.8 Å². The van der Waals surface area contributed by atoms with Gasteiger partial charge < -0.3 is 15.0 Å². The minimum Gasteiger partial charge on any atom is -0.384 e. The van der Waals surface area contributed by atoms with Crippen LogP contribution in [0.3, 0.4) is 0 Å². The van der Waals surface area contributed by atoms with E-state index in [4.69, 9.17) is 4.74 Å². The van der Waals surface area contributed by atoms with E-state index in [9.17, 15) is 0 Å². The summed E-state index contributed by atoms with van der Waals surface area (Å²) in [5.41, 5.74) is 0.387. The summed E-state index contributed by atoms with van der Waals surface area (Å²) in [6.07, 6.45) is 2.51. The van der Waals surface area contributed by atoms with Crippen LogP contribution in [0.1, 0.15) is 26.7 Å². The summed E-state index contributed by atoms with van der Waals surface area (Å²) < 4.78 is 5.93. The molecule has 2 aliphatic heterocycles. The highest BCUT2D eigenvalue weighted by Gasteiger charge is 2.36. The monoisotopic (exact) mass is 272 g/mol. The van der Waals surface area contributed by atoms with E-state index in [1.54, 1.807) is 0 Å². The van der Waals surface area contributed by atoms with Gasteiger partial charge in [-0.2, -0.15) is 11.8 Å². The Labute approximate surface area is 116 Å². The van der Waals surface area contributed by atoms with Gasteiger partial charge in [0.1, 0.15) is 0 Å². The van der Waals surface area contributed by atoms with E-state index in [-0.39, 0.29) is 0 Å². The molecule has 0 bridgehead atoms. The van der Waals surface area contributed by atoms with E-state index in [0.29, 0.717) is 10.2 Å². The van der Waals surface area contributed by atoms with E-state index in [1.807, 2.05) is 7.11 Å². The van der Waals surface area contributed by atoms with Gasteiger partial charge in [-0.05, 0) is 39.8 Å². The van der Waals surface area contributed by atoms with Crippen molar-refractivity contribution in [3.63, 3.8) is 0 Å². The third-order valence-electron chi connectivity index (χ3n) is 4.18. The van der Waals surface area contributed by atoms with Crippen LogP contribution in [0.25, 0.3) is 0 Å². The molecule has 2 saturated heterocycles. The second-order valence-corrected chi connectivity index (χ2v) is 8.30. The van der Waals surface area contributed by atoms with Crippen LogP contribution in [0.4, 0.5) is 0 Å². The summed E-state index contributed by atoms with van der Waals surface area (Å²) >= 11 is 2.11. The molecule has 106 valence electrons. The Bertz CT molecular complexity index is 259. The van der Waals surface area contributed by atoms with Gasteiger partial charge in [0.25, 0.3) is 0 Å². The topological polar surface area (TPSA) is 24.5 Å². The second-order valence-electron chi connectivity index (χ2n) is 6.50. The number of hydrogen-bond acceptors (Lipinski definition) is 4. The summed E-state index contributed by atoms with van der Waals surface area (Å²) in [5, 5.41) is 3.47. The zero-order chi connectivity index (χ0) is 13.1. The number of methoxy groups -OCH3 is 1. The van der Waals surface area contributed by atoms with Crippen molar-refractivity contribution in [1.82, 2.24) is 10.2 Å².